The van der Waals surface area contributed by atoms with Gasteiger partial charge in [0, 0.05) is 36.6 Å². The predicted molar refractivity (Wildman–Crippen MR) is 130 cm³/mol. The number of hydrogen-bond donors (Lipinski definition) is 2. The largest absolute Gasteiger partial charge is 0.460 e. The first-order valence-corrected chi connectivity index (χ1v) is 11.7. The Labute approximate surface area is 200 Å². The van der Waals surface area contributed by atoms with Gasteiger partial charge in [-0.25, -0.2) is 0 Å². The van der Waals surface area contributed by atoms with Gasteiger partial charge in [-0.2, -0.15) is 0 Å². The first-order valence-electron chi connectivity index (χ1n) is 11.7. The minimum atomic E-state index is -0.794. The standard InChI is InChI=1S/C26H35N3O5/c1-5-8-18(16-23(30)34-26(2,3)4)24(31)28-21-15-19-17-29(22-10-7-6-9-20(19)22)12-14-33-13-11-27-25(21)32/h5-7,9-10,17-18,21H,1,8,11-16H2,2-4H3,(H,27,32)(H,28,31). The van der Waals surface area contributed by atoms with E-state index in [9.17, 15) is 14.4 Å². The molecular formula is C26H35N3O5. The number of amides is 2. The molecule has 1 aliphatic heterocycles. The summed E-state index contributed by atoms with van der Waals surface area (Å²) in [5.74, 6) is -1.80. The Morgan fingerprint density at radius 3 is 2.82 bits per heavy atom. The van der Waals surface area contributed by atoms with Crippen molar-refractivity contribution in [2.24, 2.45) is 5.92 Å². The topological polar surface area (TPSA) is 98.7 Å². The van der Waals surface area contributed by atoms with Gasteiger partial charge in [-0.1, -0.05) is 24.3 Å². The predicted octanol–water partition coefficient (Wildman–Crippen LogP) is 2.74. The summed E-state index contributed by atoms with van der Waals surface area (Å²) < 4.78 is 13.2. The van der Waals surface area contributed by atoms with Crippen molar-refractivity contribution in [2.45, 2.75) is 58.2 Å². The highest BCUT2D eigenvalue weighted by molar-refractivity contribution is 5.91. The molecule has 0 saturated carbocycles. The molecule has 2 atom stereocenters. The summed E-state index contributed by atoms with van der Waals surface area (Å²) in [6, 6.07) is 7.19. The van der Waals surface area contributed by atoms with Crippen LogP contribution in [-0.2, 0) is 36.8 Å². The van der Waals surface area contributed by atoms with Crippen molar-refractivity contribution in [1.82, 2.24) is 15.2 Å². The minimum absolute atomic E-state index is 0.0867. The van der Waals surface area contributed by atoms with Crippen LogP contribution in [0.4, 0.5) is 0 Å². The molecule has 8 nitrogen and oxygen atoms in total. The number of nitrogens with one attached hydrogen (secondary N) is 2. The highest BCUT2D eigenvalue weighted by atomic mass is 16.6. The van der Waals surface area contributed by atoms with E-state index in [2.05, 4.69) is 21.8 Å². The van der Waals surface area contributed by atoms with Gasteiger partial charge in [0.2, 0.25) is 11.8 Å². The number of allylic oxidation sites excluding steroid dienone is 1. The second-order valence-electron chi connectivity index (χ2n) is 9.55. The highest BCUT2D eigenvalue weighted by Crippen LogP contribution is 2.23. The molecule has 0 saturated heterocycles. The number of rotatable bonds is 6. The third-order valence-corrected chi connectivity index (χ3v) is 5.61. The number of nitrogens with zero attached hydrogens (tertiary/aromatic N) is 1. The lowest BCUT2D eigenvalue weighted by Crippen LogP contribution is -2.50. The number of benzene rings is 1. The van der Waals surface area contributed by atoms with E-state index in [4.69, 9.17) is 9.47 Å². The van der Waals surface area contributed by atoms with Crippen molar-refractivity contribution < 1.29 is 23.9 Å². The summed E-state index contributed by atoms with van der Waals surface area (Å²) in [7, 11) is 0. The number of carbonyl (C=O) groups is 3. The van der Waals surface area contributed by atoms with Gasteiger partial charge in [0.1, 0.15) is 11.6 Å². The molecule has 8 heteroatoms. The molecule has 1 aliphatic rings. The van der Waals surface area contributed by atoms with Crippen molar-refractivity contribution >= 4 is 28.7 Å². The number of fused-ring (bicyclic) bond motifs is 5. The van der Waals surface area contributed by atoms with Crippen LogP contribution in [0.3, 0.4) is 0 Å². The van der Waals surface area contributed by atoms with Crippen LogP contribution in [0.15, 0.2) is 43.1 Å². The summed E-state index contributed by atoms with van der Waals surface area (Å²) in [6.45, 7) is 11.0. The molecule has 1 aromatic carbocycles. The van der Waals surface area contributed by atoms with E-state index in [-0.39, 0.29) is 18.2 Å². The molecule has 2 bridgehead atoms. The maximum atomic E-state index is 13.2. The van der Waals surface area contributed by atoms with Gasteiger partial charge in [0.05, 0.1) is 25.6 Å². The maximum Gasteiger partial charge on any atom is 0.307 e. The van der Waals surface area contributed by atoms with Crippen LogP contribution in [-0.4, -0.2) is 53.8 Å². The van der Waals surface area contributed by atoms with Gasteiger partial charge < -0.3 is 24.7 Å². The number of hydrogen-bond acceptors (Lipinski definition) is 5. The van der Waals surface area contributed by atoms with Crippen LogP contribution in [0.5, 0.6) is 0 Å². The Balaban J connectivity index is 1.83. The number of carbonyl (C=O) groups excluding carboxylic acids is 3. The van der Waals surface area contributed by atoms with E-state index >= 15 is 0 Å². The zero-order valence-electron chi connectivity index (χ0n) is 20.3. The molecule has 34 heavy (non-hydrogen) atoms. The van der Waals surface area contributed by atoms with Crippen LogP contribution in [0.2, 0.25) is 0 Å². The van der Waals surface area contributed by atoms with Crippen LogP contribution < -0.4 is 10.6 Å². The van der Waals surface area contributed by atoms with Crippen LogP contribution in [0.1, 0.15) is 39.2 Å². The molecule has 3 rings (SSSR count). The monoisotopic (exact) mass is 469 g/mol. The van der Waals surface area contributed by atoms with Crippen molar-refractivity contribution in [3.8, 4) is 0 Å². The van der Waals surface area contributed by atoms with Crippen molar-refractivity contribution in [3.63, 3.8) is 0 Å². The first-order chi connectivity index (χ1) is 16.2. The fourth-order valence-corrected chi connectivity index (χ4v) is 4.09. The van der Waals surface area contributed by atoms with Crippen molar-refractivity contribution in [1.29, 1.82) is 0 Å². The zero-order chi connectivity index (χ0) is 24.7. The molecule has 0 fully saturated rings. The first kappa shape index (κ1) is 25.5. The average molecular weight is 470 g/mol. The Morgan fingerprint density at radius 1 is 1.32 bits per heavy atom. The van der Waals surface area contributed by atoms with E-state index in [1.165, 1.54) is 0 Å². The summed E-state index contributed by atoms with van der Waals surface area (Å²) in [5, 5.41) is 6.76. The lowest BCUT2D eigenvalue weighted by atomic mass is 9.98. The van der Waals surface area contributed by atoms with Gasteiger partial charge in [0.15, 0.2) is 0 Å². The molecule has 0 aliphatic carbocycles. The average Bonchev–Trinajstić information content (AvgIpc) is 3.11. The van der Waals surface area contributed by atoms with Gasteiger partial charge in [-0.05, 0) is 38.8 Å². The van der Waals surface area contributed by atoms with Crippen LogP contribution >= 0.6 is 0 Å². The highest BCUT2D eigenvalue weighted by Gasteiger charge is 2.29. The summed E-state index contributed by atoms with van der Waals surface area (Å²) in [5.41, 5.74) is 1.38. The smallest absolute Gasteiger partial charge is 0.307 e. The lowest BCUT2D eigenvalue weighted by Gasteiger charge is -2.24. The fraction of sp³-hybridized carbons (Fsp3) is 0.500. The van der Waals surface area contributed by atoms with Gasteiger partial charge in [-0.3, -0.25) is 14.4 Å². The number of aromatic nitrogens is 1. The SMILES string of the molecule is C=CCC(CC(=O)OC(C)(C)C)C(=O)NC1Cc2cn(c3ccccc23)CCOCCNC1=O. The normalized spacial score (nSPS) is 18.2. The van der Waals surface area contributed by atoms with E-state index in [1.807, 2.05) is 30.5 Å². The van der Waals surface area contributed by atoms with Gasteiger partial charge in [0.25, 0.3) is 0 Å². The Morgan fingerprint density at radius 2 is 2.09 bits per heavy atom. The molecule has 2 amide bonds. The number of esters is 1. The Hall–Kier alpha value is -3.13. The maximum absolute atomic E-state index is 13.2. The molecule has 184 valence electrons. The molecule has 0 spiro atoms. The molecule has 1 aromatic heterocycles. The number of para-hydroxylation sites is 1. The van der Waals surface area contributed by atoms with E-state index in [1.54, 1.807) is 26.8 Å². The quantitative estimate of drug-likeness (QED) is 0.501. The Bertz CT molecular complexity index is 1040. The second-order valence-corrected chi connectivity index (χ2v) is 9.55. The zero-order valence-corrected chi connectivity index (χ0v) is 20.3. The molecular weight excluding hydrogens is 434 g/mol. The third-order valence-electron chi connectivity index (χ3n) is 5.61. The Kier molecular flexibility index (Phi) is 8.50. The lowest BCUT2D eigenvalue weighted by molar-refractivity contribution is -0.157. The molecule has 2 unspecified atom stereocenters. The fourth-order valence-electron chi connectivity index (χ4n) is 4.09. The van der Waals surface area contributed by atoms with Crippen molar-refractivity contribution in [3.05, 3.63) is 48.7 Å². The molecule has 2 N–H and O–H groups in total. The summed E-state index contributed by atoms with van der Waals surface area (Å²) in [4.78, 5) is 38.5. The van der Waals surface area contributed by atoms with Crippen molar-refractivity contribution in [2.75, 3.05) is 19.8 Å². The second kappa shape index (κ2) is 11.3. The third kappa shape index (κ3) is 6.93. The van der Waals surface area contributed by atoms with Crippen LogP contribution in [0.25, 0.3) is 10.9 Å². The molecule has 0 radical (unpaired) electrons. The van der Waals surface area contributed by atoms with Crippen LogP contribution in [0, 0.1) is 5.92 Å². The van der Waals surface area contributed by atoms with Gasteiger partial charge in [-0.15, -0.1) is 6.58 Å². The molecule has 2 aromatic rings. The molecule has 2 heterocycles. The van der Waals surface area contributed by atoms with E-state index < -0.39 is 23.5 Å². The summed E-state index contributed by atoms with van der Waals surface area (Å²) >= 11 is 0. The minimum Gasteiger partial charge on any atom is -0.460 e. The summed E-state index contributed by atoms with van der Waals surface area (Å²) in [6.07, 6.45) is 4.16. The van der Waals surface area contributed by atoms with E-state index in [0.29, 0.717) is 39.1 Å². The van der Waals surface area contributed by atoms with E-state index in [0.717, 1.165) is 16.5 Å². The van der Waals surface area contributed by atoms with Gasteiger partial charge >= 0.3 is 5.97 Å². The number of ether oxygens (including phenoxy) is 2.